The molecule has 1 saturated heterocycles. The van der Waals surface area contributed by atoms with E-state index in [1.54, 1.807) is 18.3 Å². The zero-order chi connectivity index (χ0) is 14.1. The number of carbonyl (C=O) groups excluding carboxylic acids is 1. The number of rotatable bonds is 2. The van der Waals surface area contributed by atoms with Crippen LogP contribution in [0.3, 0.4) is 0 Å². The summed E-state index contributed by atoms with van der Waals surface area (Å²) in [4.78, 5) is 25.4. The molecule has 1 fully saturated rings. The highest BCUT2D eigenvalue weighted by Crippen LogP contribution is 2.23. The molecule has 20 heavy (non-hydrogen) atoms. The van der Waals surface area contributed by atoms with Crippen LogP contribution in [0.2, 0.25) is 0 Å². The second kappa shape index (κ2) is 4.96. The zero-order valence-electron chi connectivity index (χ0n) is 10.9. The number of nitrogens with one attached hydrogen (secondary N) is 1. The average Bonchev–Trinajstić information content (AvgIpc) is 2.94. The molecule has 0 spiro atoms. The molecule has 0 bridgehead atoms. The van der Waals surface area contributed by atoms with Gasteiger partial charge in [0.2, 0.25) is 0 Å². The van der Waals surface area contributed by atoms with Crippen LogP contribution in [0.25, 0.3) is 10.9 Å². The number of nitrogens with zero attached hydrogens (tertiary/aromatic N) is 2. The molecule has 104 valence electrons. The smallest absolute Gasteiger partial charge is 0.326 e. The molecule has 6 heteroatoms. The number of piperidine rings is 1. The highest BCUT2D eigenvalue weighted by atomic mass is 16.4. The Morgan fingerprint density at radius 1 is 1.35 bits per heavy atom. The van der Waals surface area contributed by atoms with Gasteiger partial charge in [-0.2, -0.15) is 5.10 Å². The van der Waals surface area contributed by atoms with E-state index in [1.165, 1.54) is 4.90 Å². The predicted octanol–water partition coefficient (Wildman–Crippen LogP) is 1.64. The van der Waals surface area contributed by atoms with Crippen LogP contribution in [0.1, 0.15) is 29.6 Å². The highest BCUT2D eigenvalue weighted by Gasteiger charge is 2.33. The van der Waals surface area contributed by atoms with Gasteiger partial charge in [-0.1, -0.05) is 6.07 Å². The number of H-pyrrole nitrogens is 1. The molecule has 0 aliphatic carbocycles. The minimum atomic E-state index is -0.933. The van der Waals surface area contributed by atoms with Crippen LogP contribution >= 0.6 is 0 Å². The third-order valence-corrected chi connectivity index (χ3v) is 3.76. The lowest BCUT2D eigenvalue weighted by Crippen LogP contribution is -2.48. The van der Waals surface area contributed by atoms with Gasteiger partial charge >= 0.3 is 5.97 Å². The fourth-order valence-electron chi connectivity index (χ4n) is 2.74. The van der Waals surface area contributed by atoms with Crippen molar-refractivity contribution >= 4 is 22.8 Å². The standard InChI is InChI=1S/C14H15N3O3/c18-13(17-7-2-1-6-12(17)14(19)20)9-4-3-5-11-10(9)8-15-16-11/h3-5,8,12H,1-2,6-7H2,(H,15,16)(H,19,20). The summed E-state index contributed by atoms with van der Waals surface area (Å²) in [6.07, 6.45) is 3.80. The first kappa shape index (κ1) is 12.7. The maximum Gasteiger partial charge on any atom is 0.326 e. The van der Waals surface area contributed by atoms with Crippen molar-refractivity contribution in [2.45, 2.75) is 25.3 Å². The fraction of sp³-hybridized carbons (Fsp3) is 0.357. The zero-order valence-corrected chi connectivity index (χ0v) is 10.9. The summed E-state index contributed by atoms with van der Waals surface area (Å²) in [6, 6.07) is 4.60. The van der Waals surface area contributed by atoms with Crippen molar-refractivity contribution in [3.63, 3.8) is 0 Å². The number of amides is 1. The number of carboxylic acids is 1. The molecule has 0 saturated carbocycles. The van der Waals surface area contributed by atoms with E-state index in [0.29, 0.717) is 18.5 Å². The molecule has 3 rings (SSSR count). The van der Waals surface area contributed by atoms with Gasteiger partial charge in [0.05, 0.1) is 17.3 Å². The number of benzene rings is 1. The van der Waals surface area contributed by atoms with Crippen LogP contribution in [0.5, 0.6) is 0 Å². The Kier molecular flexibility index (Phi) is 3.14. The number of hydrogen-bond acceptors (Lipinski definition) is 3. The number of aliphatic carboxylic acids is 1. The number of likely N-dealkylation sites (tertiary alicyclic amines) is 1. The first-order valence-electron chi connectivity index (χ1n) is 6.64. The number of carboxylic acid groups (broad SMARTS) is 1. The predicted molar refractivity (Wildman–Crippen MR) is 72.4 cm³/mol. The summed E-state index contributed by atoms with van der Waals surface area (Å²) in [7, 11) is 0. The van der Waals surface area contributed by atoms with Crippen LogP contribution in [-0.4, -0.2) is 44.7 Å². The third-order valence-electron chi connectivity index (χ3n) is 3.76. The SMILES string of the molecule is O=C(O)C1CCCCN1C(=O)c1cccc2[nH]ncc12. The van der Waals surface area contributed by atoms with E-state index in [0.717, 1.165) is 23.7 Å². The van der Waals surface area contributed by atoms with Gasteiger partial charge in [-0.25, -0.2) is 4.79 Å². The van der Waals surface area contributed by atoms with E-state index < -0.39 is 12.0 Å². The van der Waals surface area contributed by atoms with Gasteiger partial charge in [0.1, 0.15) is 6.04 Å². The number of hydrogen-bond donors (Lipinski definition) is 2. The van der Waals surface area contributed by atoms with Crippen molar-refractivity contribution in [3.8, 4) is 0 Å². The summed E-state index contributed by atoms with van der Waals surface area (Å²) in [5.41, 5.74) is 1.28. The maximum absolute atomic E-state index is 12.6. The molecule has 1 amide bonds. The normalized spacial score (nSPS) is 19.2. The minimum absolute atomic E-state index is 0.232. The van der Waals surface area contributed by atoms with Crippen molar-refractivity contribution < 1.29 is 14.7 Å². The molecular formula is C14H15N3O3. The molecule has 2 heterocycles. The van der Waals surface area contributed by atoms with Gasteiger partial charge in [-0.15, -0.1) is 0 Å². The van der Waals surface area contributed by atoms with E-state index in [9.17, 15) is 14.7 Å². The number of fused-ring (bicyclic) bond motifs is 1. The monoisotopic (exact) mass is 273 g/mol. The molecule has 1 aliphatic rings. The van der Waals surface area contributed by atoms with Crippen molar-refractivity contribution in [2.24, 2.45) is 0 Å². The summed E-state index contributed by atoms with van der Waals surface area (Å²) < 4.78 is 0. The Morgan fingerprint density at radius 2 is 2.20 bits per heavy atom. The molecule has 1 unspecified atom stereocenters. The van der Waals surface area contributed by atoms with Crippen LogP contribution < -0.4 is 0 Å². The van der Waals surface area contributed by atoms with Crippen molar-refractivity contribution in [2.75, 3.05) is 6.54 Å². The van der Waals surface area contributed by atoms with Crippen LogP contribution in [0, 0.1) is 0 Å². The Balaban J connectivity index is 1.98. The van der Waals surface area contributed by atoms with Crippen LogP contribution in [-0.2, 0) is 4.79 Å². The summed E-state index contributed by atoms with van der Waals surface area (Å²) in [6.45, 7) is 0.490. The molecule has 1 atom stereocenters. The topological polar surface area (TPSA) is 86.3 Å². The second-order valence-corrected chi connectivity index (χ2v) is 4.99. The van der Waals surface area contributed by atoms with Gasteiger partial charge in [0.15, 0.2) is 0 Å². The van der Waals surface area contributed by atoms with Gasteiger partial charge < -0.3 is 10.0 Å². The van der Waals surface area contributed by atoms with E-state index in [1.807, 2.05) is 6.07 Å². The first-order valence-corrected chi connectivity index (χ1v) is 6.64. The van der Waals surface area contributed by atoms with Gasteiger partial charge in [0.25, 0.3) is 5.91 Å². The van der Waals surface area contributed by atoms with Crippen molar-refractivity contribution in [1.82, 2.24) is 15.1 Å². The minimum Gasteiger partial charge on any atom is -0.480 e. The number of aromatic amines is 1. The quantitative estimate of drug-likeness (QED) is 0.871. The van der Waals surface area contributed by atoms with Crippen molar-refractivity contribution in [3.05, 3.63) is 30.0 Å². The molecule has 1 aromatic heterocycles. The second-order valence-electron chi connectivity index (χ2n) is 4.99. The molecule has 1 aromatic carbocycles. The molecular weight excluding hydrogens is 258 g/mol. The molecule has 6 nitrogen and oxygen atoms in total. The molecule has 2 N–H and O–H groups in total. The summed E-state index contributed by atoms with van der Waals surface area (Å²) in [5, 5.41) is 16.7. The molecule has 1 aliphatic heterocycles. The Morgan fingerprint density at radius 3 is 3.00 bits per heavy atom. The number of aromatic nitrogens is 2. The lowest BCUT2D eigenvalue weighted by Gasteiger charge is -2.33. The Bertz CT molecular complexity index is 664. The van der Waals surface area contributed by atoms with E-state index >= 15 is 0 Å². The van der Waals surface area contributed by atoms with E-state index in [2.05, 4.69) is 10.2 Å². The third kappa shape index (κ3) is 2.03. The fourth-order valence-corrected chi connectivity index (χ4v) is 2.74. The number of carbonyl (C=O) groups is 2. The lowest BCUT2D eigenvalue weighted by atomic mass is 10.00. The van der Waals surface area contributed by atoms with Crippen LogP contribution in [0.15, 0.2) is 24.4 Å². The summed E-state index contributed by atoms with van der Waals surface area (Å²) in [5.74, 6) is -1.17. The molecule has 2 aromatic rings. The average molecular weight is 273 g/mol. The van der Waals surface area contributed by atoms with Gasteiger partial charge in [0, 0.05) is 11.9 Å². The van der Waals surface area contributed by atoms with Gasteiger partial charge in [-0.3, -0.25) is 9.89 Å². The van der Waals surface area contributed by atoms with Crippen molar-refractivity contribution in [1.29, 1.82) is 0 Å². The first-order chi connectivity index (χ1) is 9.68. The largest absolute Gasteiger partial charge is 0.480 e. The van der Waals surface area contributed by atoms with E-state index in [-0.39, 0.29) is 5.91 Å². The maximum atomic E-state index is 12.6. The Hall–Kier alpha value is -2.37. The molecule has 0 radical (unpaired) electrons. The van der Waals surface area contributed by atoms with Gasteiger partial charge in [-0.05, 0) is 31.4 Å². The highest BCUT2D eigenvalue weighted by molar-refractivity contribution is 6.07. The lowest BCUT2D eigenvalue weighted by molar-refractivity contribution is -0.143. The van der Waals surface area contributed by atoms with Crippen LogP contribution in [0.4, 0.5) is 0 Å². The summed E-state index contributed by atoms with van der Waals surface area (Å²) >= 11 is 0. The Labute approximate surface area is 115 Å². The van der Waals surface area contributed by atoms with E-state index in [4.69, 9.17) is 0 Å².